The minimum atomic E-state index is -0.140. The van der Waals surface area contributed by atoms with Crippen molar-refractivity contribution in [2.24, 2.45) is 17.6 Å². The number of rotatable bonds is 4. The van der Waals surface area contributed by atoms with Crippen LogP contribution in [0.2, 0.25) is 0 Å². The van der Waals surface area contributed by atoms with Crippen LogP contribution in [0.1, 0.15) is 27.2 Å². The van der Waals surface area contributed by atoms with Gasteiger partial charge >= 0.3 is 5.97 Å². The van der Waals surface area contributed by atoms with Crippen LogP contribution < -0.4 is 5.73 Å². The summed E-state index contributed by atoms with van der Waals surface area (Å²) < 4.78 is 4.95. The first-order chi connectivity index (χ1) is 7.52. The van der Waals surface area contributed by atoms with Gasteiger partial charge in [0.15, 0.2) is 0 Å². The smallest absolute Gasteiger partial charge is 0.320 e. The Kier molecular flexibility index (Phi) is 5.22. The summed E-state index contributed by atoms with van der Waals surface area (Å²) in [6.07, 6.45) is 1.07. The van der Waals surface area contributed by atoms with Crippen LogP contribution in [0, 0.1) is 11.8 Å². The molecule has 1 aliphatic heterocycles. The Morgan fingerprint density at radius 1 is 1.50 bits per heavy atom. The number of hydrogen-bond acceptors (Lipinski definition) is 4. The average molecular weight is 228 g/mol. The van der Waals surface area contributed by atoms with E-state index in [1.54, 1.807) is 0 Å². The number of esters is 1. The fourth-order valence-corrected chi connectivity index (χ4v) is 2.28. The van der Waals surface area contributed by atoms with Crippen molar-refractivity contribution in [3.8, 4) is 0 Å². The van der Waals surface area contributed by atoms with Gasteiger partial charge in [-0.3, -0.25) is 9.69 Å². The minimum absolute atomic E-state index is 0.140. The second kappa shape index (κ2) is 6.21. The van der Waals surface area contributed by atoms with E-state index in [4.69, 9.17) is 10.5 Å². The summed E-state index contributed by atoms with van der Waals surface area (Å²) in [4.78, 5) is 13.5. The molecule has 0 spiro atoms. The molecule has 0 aromatic heterocycles. The Hall–Kier alpha value is -0.610. The standard InChI is InChI=1S/C12H24N2O2/c1-4-16-12(15)8-14-6-10(9(2)3)5-11(13)7-14/h9-11H,4-8,13H2,1-3H3. The van der Waals surface area contributed by atoms with Crippen molar-refractivity contribution in [3.63, 3.8) is 0 Å². The molecule has 2 N–H and O–H groups in total. The van der Waals surface area contributed by atoms with E-state index >= 15 is 0 Å². The molecule has 1 rings (SSSR count). The van der Waals surface area contributed by atoms with Crippen LogP contribution in [-0.2, 0) is 9.53 Å². The van der Waals surface area contributed by atoms with Gasteiger partial charge in [-0.25, -0.2) is 0 Å². The second-order valence-electron chi connectivity index (χ2n) is 5.00. The molecule has 0 radical (unpaired) electrons. The van der Waals surface area contributed by atoms with E-state index in [2.05, 4.69) is 18.7 Å². The van der Waals surface area contributed by atoms with Crippen LogP contribution in [0.25, 0.3) is 0 Å². The quantitative estimate of drug-likeness (QED) is 0.725. The molecule has 0 bridgehead atoms. The van der Waals surface area contributed by atoms with Gasteiger partial charge in [0.25, 0.3) is 0 Å². The molecule has 2 unspecified atom stereocenters. The summed E-state index contributed by atoms with van der Waals surface area (Å²) in [5.74, 6) is 1.08. The number of carbonyl (C=O) groups is 1. The minimum Gasteiger partial charge on any atom is -0.465 e. The summed E-state index contributed by atoms with van der Waals surface area (Å²) in [5.41, 5.74) is 6.01. The molecule has 1 saturated heterocycles. The first-order valence-electron chi connectivity index (χ1n) is 6.16. The highest BCUT2D eigenvalue weighted by Gasteiger charge is 2.28. The highest BCUT2D eigenvalue weighted by Crippen LogP contribution is 2.22. The zero-order valence-electron chi connectivity index (χ0n) is 10.6. The van der Waals surface area contributed by atoms with Gasteiger partial charge in [0.05, 0.1) is 13.2 Å². The summed E-state index contributed by atoms with van der Waals surface area (Å²) in [6, 6.07) is 0.190. The largest absolute Gasteiger partial charge is 0.465 e. The third-order valence-electron chi connectivity index (χ3n) is 3.19. The van der Waals surface area contributed by atoms with Gasteiger partial charge in [-0.1, -0.05) is 13.8 Å². The van der Waals surface area contributed by atoms with Gasteiger partial charge in [-0.2, -0.15) is 0 Å². The molecule has 0 aliphatic carbocycles. The lowest BCUT2D eigenvalue weighted by molar-refractivity contribution is -0.145. The molecule has 94 valence electrons. The molecule has 1 heterocycles. The van der Waals surface area contributed by atoms with E-state index in [9.17, 15) is 4.79 Å². The molecule has 0 saturated carbocycles. The van der Waals surface area contributed by atoms with Crippen molar-refractivity contribution in [1.82, 2.24) is 4.90 Å². The lowest BCUT2D eigenvalue weighted by Gasteiger charge is -2.37. The SMILES string of the molecule is CCOC(=O)CN1CC(N)CC(C(C)C)C1. The molecule has 16 heavy (non-hydrogen) atoms. The molecule has 0 aromatic rings. The van der Waals surface area contributed by atoms with Gasteiger partial charge in [-0.05, 0) is 25.2 Å². The Morgan fingerprint density at radius 2 is 2.19 bits per heavy atom. The van der Waals surface area contributed by atoms with Crippen LogP contribution in [0.5, 0.6) is 0 Å². The number of ether oxygens (including phenoxy) is 1. The van der Waals surface area contributed by atoms with E-state index < -0.39 is 0 Å². The predicted octanol–water partition coefficient (Wildman–Crippen LogP) is 0.855. The molecular weight excluding hydrogens is 204 g/mol. The summed E-state index contributed by atoms with van der Waals surface area (Å²) in [7, 11) is 0. The summed E-state index contributed by atoms with van der Waals surface area (Å²) in [5, 5.41) is 0. The number of nitrogens with two attached hydrogens (primary N) is 1. The number of nitrogens with zero attached hydrogens (tertiary/aromatic N) is 1. The zero-order valence-corrected chi connectivity index (χ0v) is 10.6. The lowest BCUT2D eigenvalue weighted by Crippen LogP contribution is -2.49. The highest BCUT2D eigenvalue weighted by molar-refractivity contribution is 5.71. The van der Waals surface area contributed by atoms with Crippen LogP contribution in [0.15, 0.2) is 0 Å². The van der Waals surface area contributed by atoms with E-state index in [1.807, 2.05) is 6.92 Å². The summed E-state index contributed by atoms with van der Waals surface area (Å²) >= 11 is 0. The number of carbonyl (C=O) groups excluding carboxylic acids is 1. The maximum absolute atomic E-state index is 11.4. The zero-order chi connectivity index (χ0) is 12.1. The first kappa shape index (κ1) is 13.5. The average Bonchev–Trinajstić information content (AvgIpc) is 2.16. The van der Waals surface area contributed by atoms with Crippen LogP contribution in [0.4, 0.5) is 0 Å². The van der Waals surface area contributed by atoms with E-state index in [-0.39, 0.29) is 12.0 Å². The van der Waals surface area contributed by atoms with Gasteiger partial charge < -0.3 is 10.5 Å². The molecule has 0 amide bonds. The van der Waals surface area contributed by atoms with Crippen LogP contribution in [-0.4, -0.2) is 43.2 Å². The predicted molar refractivity (Wildman–Crippen MR) is 64.0 cm³/mol. The molecule has 0 aromatic carbocycles. The number of piperidine rings is 1. The Morgan fingerprint density at radius 3 is 2.75 bits per heavy atom. The second-order valence-corrected chi connectivity index (χ2v) is 5.00. The van der Waals surface area contributed by atoms with Gasteiger partial charge in [0.1, 0.15) is 0 Å². The molecule has 1 aliphatic rings. The third-order valence-corrected chi connectivity index (χ3v) is 3.19. The molecule has 4 nitrogen and oxygen atoms in total. The van der Waals surface area contributed by atoms with Crippen molar-refractivity contribution in [2.75, 3.05) is 26.2 Å². The van der Waals surface area contributed by atoms with Crippen LogP contribution >= 0.6 is 0 Å². The molecule has 2 atom stereocenters. The first-order valence-corrected chi connectivity index (χ1v) is 6.16. The summed E-state index contributed by atoms with van der Waals surface area (Å²) in [6.45, 7) is 8.86. The maximum Gasteiger partial charge on any atom is 0.320 e. The third kappa shape index (κ3) is 4.10. The fraction of sp³-hybridized carbons (Fsp3) is 0.917. The Balaban J connectivity index is 2.44. The van der Waals surface area contributed by atoms with Gasteiger partial charge in [-0.15, -0.1) is 0 Å². The van der Waals surface area contributed by atoms with E-state index in [0.717, 1.165) is 19.5 Å². The van der Waals surface area contributed by atoms with Crippen molar-refractivity contribution < 1.29 is 9.53 Å². The normalized spacial score (nSPS) is 27.1. The molecule has 4 heteroatoms. The Bertz CT molecular complexity index is 231. The van der Waals surface area contributed by atoms with Gasteiger partial charge in [0.2, 0.25) is 0 Å². The lowest BCUT2D eigenvalue weighted by atomic mass is 9.86. The van der Waals surface area contributed by atoms with Crippen molar-refractivity contribution in [3.05, 3.63) is 0 Å². The number of likely N-dealkylation sites (tertiary alicyclic amines) is 1. The van der Waals surface area contributed by atoms with Gasteiger partial charge in [0, 0.05) is 19.1 Å². The van der Waals surface area contributed by atoms with Crippen molar-refractivity contribution in [2.45, 2.75) is 33.2 Å². The van der Waals surface area contributed by atoms with Crippen LogP contribution in [0.3, 0.4) is 0 Å². The highest BCUT2D eigenvalue weighted by atomic mass is 16.5. The molecular formula is C12H24N2O2. The van der Waals surface area contributed by atoms with Crippen molar-refractivity contribution in [1.29, 1.82) is 0 Å². The number of hydrogen-bond donors (Lipinski definition) is 1. The Labute approximate surface area is 98.1 Å². The topological polar surface area (TPSA) is 55.6 Å². The maximum atomic E-state index is 11.4. The molecule has 1 fully saturated rings. The fourth-order valence-electron chi connectivity index (χ4n) is 2.28. The van der Waals surface area contributed by atoms with E-state index in [1.165, 1.54) is 0 Å². The van der Waals surface area contributed by atoms with E-state index in [0.29, 0.717) is 25.0 Å². The monoisotopic (exact) mass is 228 g/mol. The van der Waals surface area contributed by atoms with Crippen molar-refractivity contribution >= 4 is 5.97 Å².